The fraction of sp³-hybridized carbons (Fsp3) is 0.917. The molecule has 5 aliphatic rings. The molecule has 0 aromatic rings. The van der Waals surface area contributed by atoms with Gasteiger partial charge in [0.05, 0.1) is 33.0 Å². The zero-order chi connectivity index (χ0) is 48.2. The minimum Gasteiger partial charge on any atom is -0.394 e. The third kappa shape index (κ3) is 12.0. The fourth-order valence-corrected chi connectivity index (χ4v) is 8.15. The van der Waals surface area contributed by atoms with Gasteiger partial charge in [-0.05, 0) is 0 Å². The van der Waals surface area contributed by atoms with Gasteiger partial charge in [-0.2, -0.15) is 0 Å². The summed E-state index contributed by atoms with van der Waals surface area (Å²) in [4.78, 5) is 36.4. The van der Waals surface area contributed by atoms with Gasteiger partial charge in [-0.25, -0.2) is 0 Å². The van der Waals surface area contributed by atoms with Crippen LogP contribution in [-0.2, 0) is 57.0 Å². The SMILES string of the molecule is CC(=O)N[C@@H]1[C@@H](O)[C@H](O[C@@H]2O[C@H](CO)[C@@H](O[C@@H]3O[C@H](CO[C@H]4O[C@H](CO)[C@@H](O)[C@H](O)[C@@H]4O)[C@@H](O[C@@H]4O[C@H](CO)[C@@H](O)[C@H](O)[C@H]4NC(C)=O)[C@H](O)[C@@H]3O)[C@H](O)[C@H]2NC(C)=O)[C@@H](CO)O[C@H]1O. The number of nitrogens with one attached hydrogen (secondary N) is 3. The Hall–Kier alpha value is -2.51. The molecule has 0 bridgehead atoms. The summed E-state index contributed by atoms with van der Waals surface area (Å²) in [7, 11) is 0. The largest absolute Gasteiger partial charge is 0.394 e. The van der Waals surface area contributed by atoms with E-state index in [0.29, 0.717) is 0 Å². The van der Waals surface area contributed by atoms with Gasteiger partial charge in [-0.3, -0.25) is 14.4 Å². The molecule has 376 valence electrons. The third-order valence-corrected chi connectivity index (χ3v) is 11.5. The summed E-state index contributed by atoms with van der Waals surface area (Å²) in [6, 6.07) is -4.78. The molecule has 0 aromatic carbocycles. The van der Waals surface area contributed by atoms with E-state index >= 15 is 0 Å². The normalized spacial score (nSPS) is 47.1. The average molecular weight is 952 g/mol. The van der Waals surface area contributed by atoms with E-state index in [-0.39, 0.29) is 0 Å². The van der Waals surface area contributed by atoms with Gasteiger partial charge in [0.2, 0.25) is 17.7 Å². The van der Waals surface area contributed by atoms with Crippen LogP contribution in [0, 0.1) is 0 Å². The van der Waals surface area contributed by atoms with Crippen LogP contribution >= 0.6 is 0 Å². The number of carbonyl (C=O) groups excluding carboxylic acids is 3. The summed E-state index contributed by atoms with van der Waals surface area (Å²) in [6.07, 6.45) is -40.0. The predicted octanol–water partition coefficient (Wildman–Crippen LogP) is -11.5. The van der Waals surface area contributed by atoms with E-state index in [9.17, 15) is 85.9 Å². The maximum Gasteiger partial charge on any atom is 0.217 e. The molecule has 5 saturated heterocycles. The summed E-state index contributed by atoms with van der Waals surface area (Å²) in [5, 5.41) is 156. The van der Waals surface area contributed by atoms with Gasteiger partial charge in [0.15, 0.2) is 31.5 Å². The van der Waals surface area contributed by atoms with Crippen molar-refractivity contribution in [1.29, 1.82) is 0 Å². The van der Waals surface area contributed by atoms with Gasteiger partial charge in [-0.15, -0.1) is 0 Å². The van der Waals surface area contributed by atoms with E-state index in [2.05, 4.69) is 16.0 Å². The third-order valence-electron chi connectivity index (χ3n) is 11.5. The summed E-state index contributed by atoms with van der Waals surface area (Å²) in [5.41, 5.74) is 0. The Labute approximate surface area is 369 Å². The van der Waals surface area contributed by atoms with Gasteiger partial charge in [0, 0.05) is 20.8 Å². The van der Waals surface area contributed by atoms with Crippen molar-refractivity contribution in [3.05, 3.63) is 0 Å². The van der Waals surface area contributed by atoms with Crippen LogP contribution in [0.1, 0.15) is 20.8 Å². The van der Waals surface area contributed by atoms with Gasteiger partial charge < -0.3 is 130 Å². The monoisotopic (exact) mass is 951 g/mol. The minimum atomic E-state index is -2.20. The van der Waals surface area contributed by atoms with Crippen molar-refractivity contribution in [2.24, 2.45) is 0 Å². The summed E-state index contributed by atoms with van der Waals surface area (Å²) < 4.78 is 51.7. The molecule has 3 amide bonds. The summed E-state index contributed by atoms with van der Waals surface area (Å²) in [6.45, 7) is -1.27. The molecule has 65 heavy (non-hydrogen) atoms. The zero-order valence-corrected chi connectivity index (χ0v) is 35.1. The van der Waals surface area contributed by atoms with Crippen LogP contribution in [0.5, 0.6) is 0 Å². The predicted molar refractivity (Wildman–Crippen MR) is 201 cm³/mol. The van der Waals surface area contributed by atoms with Crippen LogP contribution in [0.25, 0.3) is 0 Å². The summed E-state index contributed by atoms with van der Waals surface area (Å²) >= 11 is 0. The Kier molecular flexibility index (Phi) is 19.1. The molecule has 5 rings (SSSR count). The van der Waals surface area contributed by atoms with Crippen LogP contribution in [0.3, 0.4) is 0 Å². The first kappa shape index (κ1) is 53.4. The smallest absolute Gasteiger partial charge is 0.217 e. The van der Waals surface area contributed by atoms with Gasteiger partial charge in [0.1, 0.15) is 122 Å². The van der Waals surface area contributed by atoms with Crippen molar-refractivity contribution in [1.82, 2.24) is 16.0 Å². The standard InChI is InChI=1S/C36H61N3O26/c1-9(44)37-17-23(50)29(14(6-42)58-32(17)56)63-34-19(39-11(3)46)24(51)30(15(7-43)61-34)65-36-28(55)26(53)31(64-33-18(38-10(2)45)22(49)20(47)12(4-40)59-33)16(62-36)8-57-35-27(54)25(52)21(48)13(5-41)60-35/h12-36,40-43,47-56H,4-8H2,1-3H3,(H,37,44)(H,38,45)(H,39,46)/t12-,13-,14-,15-,16-,17-,18-,19-,20-,21-,22-,23-,24-,25+,26-,27+,28+,29-,30-,31-,32-,33+,34+,35+,36+/m1/s1. The van der Waals surface area contributed by atoms with Gasteiger partial charge in [-0.1, -0.05) is 0 Å². The highest BCUT2D eigenvalue weighted by Crippen LogP contribution is 2.35. The number of aliphatic hydroxyl groups excluding tert-OH is 14. The molecule has 0 aromatic heterocycles. The lowest BCUT2D eigenvalue weighted by molar-refractivity contribution is -0.379. The van der Waals surface area contributed by atoms with Crippen LogP contribution in [0.4, 0.5) is 0 Å². The van der Waals surface area contributed by atoms with Crippen molar-refractivity contribution < 1.29 is 129 Å². The Balaban J connectivity index is 1.43. The Morgan fingerprint density at radius 2 is 0.769 bits per heavy atom. The lowest BCUT2D eigenvalue weighted by atomic mass is 9.93. The molecule has 29 heteroatoms. The molecule has 0 saturated carbocycles. The van der Waals surface area contributed by atoms with E-state index in [0.717, 1.165) is 20.8 Å². The molecule has 29 nitrogen and oxygen atoms in total. The van der Waals surface area contributed by atoms with Crippen molar-refractivity contribution in [2.45, 2.75) is 174 Å². The molecule has 25 atom stereocenters. The highest BCUT2D eigenvalue weighted by molar-refractivity contribution is 5.74. The summed E-state index contributed by atoms with van der Waals surface area (Å²) in [5.74, 6) is -2.24. The second-order valence-corrected chi connectivity index (χ2v) is 16.2. The highest BCUT2D eigenvalue weighted by Gasteiger charge is 2.56. The van der Waals surface area contributed by atoms with Gasteiger partial charge >= 0.3 is 0 Å². The first-order valence-electron chi connectivity index (χ1n) is 20.6. The first-order chi connectivity index (χ1) is 30.7. The van der Waals surface area contributed by atoms with Crippen LogP contribution < -0.4 is 16.0 Å². The van der Waals surface area contributed by atoms with Crippen molar-refractivity contribution >= 4 is 17.7 Å². The van der Waals surface area contributed by atoms with Gasteiger partial charge in [0.25, 0.3) is 0 Å². The number of carbonyl (C=O) groups is 3. The number of amides is 3. The lowest BCUT2D eigenvalue weighted by Crippen LogP contribution is -2.70. The maximum atomic E-state index is 12.5. The van der Waals surface area contributed by atoms with E-state index in [4.69, 9.17) is 42.6 Å². The van der Waals surface area contributed by atoms with Crippen LogP contribution in [0.2, 0.25) is 0 Å². The second-order valence-electron chi connectivity index (χ2n) is 16.2. The van der Waals surface area contributed by atoms with E-state index < -0.39 is 204 Å². The highest BCUT2D eigenvalue weighted by atomic mass is 16.8. The molecule has 5 fully saturated rings. The number of hydrogen-bond acceptors (Lipinski definition) is 26. The number of aliphatic hydroxyl groups is 14. The van der Waals surface area contributed by atoms with Crippen molar-refractivity contribution in [3.63, 3.8) is 0 Å². The molecule has 0 unspecified atom stereocenters. The van der Waals surface area contributed by atoms with E-state index in [1.165, 1.54) is 0 Å². The number of rotatable bonds is 16. The number of hydrogen-bond donors (Lipinski definition) is 17. The minimum absolute atomic E-state index is 0.693. The second kappa shape index (κ2) is 23.2. The first-order valence-corrected chi connectivity index (χ1v) is 20.6. The molecule has 0 aliphatic carbocycles. The average Bonchev–Trinajstić information content (AvgIpc) is 3.25. The lowest BCUT2D eigenvalue weighted by Gasteiger charge is -2.50. The topological polar surface area (TPSA) is 454 Å². The Morgan fingerprint density at radius 1 is 0.400 bits per heavy atom. The van der Waals surface area contributed by atoms with Crippen LogP contribution in [0.15, 0.2) is 0 Å². The van der Waals surface area contributed by atoms with E-state index in [1.807, 2.05) is 0 Å². The molecule has 0 spiro atoms. The zero-order valence-electron chi connectivity index (χ0n) is 35.1. The van der Waals surface area contributed by atoms with E-state index in [1.54, 1.807) is 0 Å². The molecule has 5 aliphatic heterocycles. The Morgan fingerprint density at radius 3 is 1.28 bits per heavy atom. The molecule has 0 radical (unpaired) electrons. The van der Waals surface area contributed by atoms with Crippen molar-refractivity contribution in [2.75, 3.05) is 33.0 Å². The fourth-order valence-electron chi connectivity index (χ4n) is 8.15. The van der Waals surface area contributed by atoms with Crippen LogP contribution in [-0.4, -0.2) is 276 Å². The molecular formula is C36H61N3O26. The number of ether oxygens (including phenoxy) is 9. The molecule has 5 heterocycles. The maximum absolute atomic E-state index is 12.5. The van der Waals surface area contributed by atoms with Crippen molar-refractivity contribution in [3.8, 4) is 0 Å². The quantitative estimate of drug-likeness (QED) is 0.0683. The Bertz CT molecular complexity index is 1560. The molecule has 17 N–H and O–H groups in total. The molecular weight excluding hydrogens is 890 g/mol.